The van der Waals surface area contributed by atoms with Crippen molar-refractivity contribution in [3.05, 3.63) is 24.3 Å². The average Bonchev–Trinajstić information content (AvgIpc) is 2.59. The molecule has 2 nitrogen and oxygen atoms in total. The summed E-state index contributed by atoms with van der Waals surface area (Å²) < 4.78 is 0. The van der Waals surface area contributed by atoms with E-state index < -0.39 is 0 Å². The van der Waals surface area contributed by atoms with Crippen LogP contribution in [0.2, 0.25) is 0 Å². The quantitative estimate of drug-likeness (QED) is 0.625. The number of aromatic amines is 1. The minimum absolute atomic E-state index is 1.05. The molecular weight excluding hydrogens is 124 g/mol. The van der Waals surface area contributed by atoms with Gasteiger partial charge in [0.15, 0.2) is 0 Å². The summed E-state index contributed by atoms with van der Waals surface area (Å²) in [6.45, 7) is 0. The minimum atomic E-state index is 1.05. The third kappa shape index (κ3) is 0.856. The zero-order valence-corrected chi connectivity index (χ0v) is 5.80. The number of imidazole rings is 1. The number of allylic oxidation sites excluding steroid dienone is 2. The van der Waals surface area contributed by atoms with Crippen LogP contribution in [0.25, 0.3) is 5.57 Å². The van der Waals surface area contributed by atoms with Crippen LogP contribution < -0.4 is 0 Å². The Hall–Kier alpha value is -1.05. The first kappa shape index (κ1) is 5.71. The highest BCUT2D eigenvalue weighted by Crippen LogP contribution is 2.24. The van der Waals surface area contributed by atoms with E-state index in [1.165, 1.54) is 24.8 Å². The van der Waals surface area contributed by atoms with Crippen LogP contribution in [0.15, 0.2) is 18.5 Å². The Kier molecular flexibility index (Phi) is 1.31. The number of nitrogens with zero attached hydrogens (tertiary/aromatic N) is 1. The summed E-state index contributed by atoms with van der Waals surface area (Å²) in [4.78, 5) is 7.27. The fourth-order valence-electron chi connectivity index (χ4n) is 1.33. The maximum atomic E-state index is 4.17. The zero-order valence-electron chi connectivity index (χ0n) is 5.80. The first-order valence-electron chi connectivity index (χ1n) is 3.65. The van der Waals surface area contributed by atoms with E-state index in [4.69, 9.17) is 0 Å². The maximum Gasteiger partial charge on any atom is 0.132 e. The summed E-state index contributed by atoms with van der Waals surface area (Å²) in [5, 5.41) is 0. The van der Waals surface area contributed by atoms with E-state index in [-0.39, 0.29) is 0 Å². The van der Waals surface area contributed by atoms with E-state index >= 15 is 0 Å². The van der Waals surface area contributed by atoms with Crippen molar-refractivity contribution >= 4 is 5.57 Å². The lowest BCUT2D eigenvalue weighted by Gasteiger charge is -1.92. The molecule has 2 heteroatoms. The van der Waals surface area contributed by atoms with E-state index in [0.29, 0.717) is 0 Å². The molecule has 0 aliphatic heterocycles. The Bertz CT molecular complexity index is 234. The second-order valence-corrected chi connectivity index (χ2v) is 2.56. The summed E-state index contributed by atoms with van der Waals surface area (Å²) in [5.41, 5.74) is 1.38. The Labute approximate surface area is 60.0 Å². The summed E-state index contributed by atoms with van der Waals surface area (Å²) in [7, 11) is 0. The van der Waals surface area contributed by atoms with E-state index in [1.807, 2.05) is 6.20 Å². The van der Waals surface area contributed by atoms with Gasteiger partial charge in [-0.25, -0.2) is 4.98 Å². The van der Waals surface area contributed by atoms with Gasteiger partial charge in [0.2, 0.25) is 0 Å². The topological polar surface area (TPSA) is 28.7 Å². The molecule has 0 atom stereocenters. The Morgan fingerprint density at radius 1 is 1.50 bits per heavy atom. The molecule has 1 aliphatic carbocycles. The van der Waals surface area contributed by atoms with Crippen LogP contribution >= 0.6 is 0 Å². The second-order valence-electron chi connectivity index (χ2n) is 2.56. The van der Waals surface area contributed by atoms with Gasteiger partial charge >= 0.3 is 0 Å². The molecule has 0 unspecified atom stereocenters. The van der Waals surface area contributed by atoms with Crippen LogP contribution in [0.4, 0.5) is 0 Å². The molecule has 0 fully saturated rings. The van der Waals surface area contributed by atoms with Gasteiger partial charge in [0.25, 0.3) is 0 Å². The number of nitrogens with one attached hydrogen (secondary N) is 1. The Balaban J connectivity index is 2.28. The SMILES string of the molecule is C1=C(c2ncc[nH]2)CCC1. The van der Waals surface area contributed by atoms with Gasteiger partial charge in [-0.3, -0.25) is 0 Å². The lowest BCUT2D eigenvalue weighted by atomic mass is 10.2. The number of aromatic nitrogens is 2. The predicted octanol–water partition coefficient (Wildman–Crippen LogP) is 1.98. The van der Waals surface area contributed by atoms with Gasteiger partial charge in [0, 0.05) is 12.4 Å². The average molecular weight is 134 g/mol. The molecule has 0 amide bonds. The van der Waals surface area contributed by atoms with Gasteiger partial charge < -0.3 is 4.98 Å². The van der Waals surface area contributed by atoms with Crippen molar-refractivity contribution in [3.8, 4) is 0 Å². The molecule has 0 saturated carbocycles. The third-order valence-electron chi connectivity index (χ3n) is 1.84. The molecule has 1 aliphatic rings. The number of rotatable bonds is 1. The number of hydrogen-bond donors (Lipinski definition) is 1. The maximum absolute atomic E-state index is 4.17. The molecule has 1 aromatic rings. The molecule has 0 aromatic carbocycles. The lowest BCUT2D eigenvalue weighted by molar-refractivity contribution is 0.930. The Morgan fingerprint density at radius 2 is 2.50 bits per heavy atom. The van der Waals surface area contributed by atoms with Crippen LogP contribution in [0.1, 0.15) is 25.1 Å². The molecule has 0 radical (unpaired) electrons. The lowest BCUT2D eigenvalue weighted by Crippen LogP contribution is -1.81. The molecule has 1 aromatic heterocycles. The summed E-state index contributed by atoms with van der Waals surface area (Å²) in [6.07, 6.45) is 9.63. The monoisotopic (exact) mass is 134 g/mol. The van der Waals surface area contributed by atoms with E-state index in [9.17, 15) is 0 Å². The van der Waals surface area contributed by atoms with Crippen molar-refractivity contribution in [2.45, 2.75) is 19.3 Å². The molecule has 0 bridgehead atoms. The molecule has 52 valence electrons. The molecular formula is C8H10N2. The van der Waals surface area contributed by atoms with Crippen LogP contribution in [0.3, 0.4) is 0 Å². The molecule has 10 heavy (non-hydrogen) atoms. The standard InChI is InChI=1S/C8H10N2/c1-2-4-7(3-1)8-9-5-6-10-8/h3,5-6H,1-2,4H2,(H,9,10). The van der Waals surface area contributed by atoms with Gasteiger partial charge in [-0.1, -0.05) is 6.08 Å². The fraction of sp³-hybridized carbons (Fsp3) is 0.375. The van der Waals surface area contributed by atoms with Crippen molar-refractivity contribution in [3.63, 3.8) is 0 Å². The van der Waals surface area contributed by atoms with Gasteiger partial charge in [-0.15, -0.1) is 0 Å². The van der Waals surface area contributed by atoms with Crippen molar-refractivity contribution in [1.29, 1.82) is 0 Å². The molecule has 1 heterocycles. The normalized spacial score (nSPS) is 17.4. The molecule has 1 N–H and O–H groups in total. The van der Waals surface area contributed by atoms with E-state index in [2.05, 4.69) is 16.0 Å². The summed E-state index contributed by atoms with van der Waals surface area (Å²) >= 11 is 0. The highest BCUT2D eigenvalue weighted by Gasteiger charge is 2.07. The first-order valence-corrected chi connectivity index (χ1v) is 3.65. The fourth-order valence-corrected chi connectivity index (χ4v) is 1.33. The highest BCUT2D eigenvalue weighted by atomic mass is 14.9. The second kappa shape index (κ2) is 2.29. The smallest absolute Gasteiger partial charge is 0.132 e. The summed E-state index contributed by atoms with van der Waals surface area (Å²) in [6, 6.07) is 0. The van der Waals surface area contributed by atoms with Crippen molar-refractivity contribution in [2.75, 3.05) is 0 Å². The van der Waals surface area contributed by atoms with Crippen molar-refractivity contribution in [2.24, 2.45) is 0 Å². The zero-order chi connectivity index (χ0) is 6.81. The largest absolute Gasteiger partial charge is 0.345 e. The number of hydrogen-bond acceptors (Lipinski definition) is 1. The molecule has 2 rings (SSSR count). The van der Waals surface area contributed by atoms with Gasteiger partial charge in [-0.2, -0.15) is 0 Å². The van der Waals surface area contributed by atoms with Crippen LogP contribution in [0.5, 0.6) is 0 Å². The first-order chi connectivity index (χ1) is 4.97. The van der Waals surface area contributed by atoms with E-state index in [1.54, 1.807) is 6.20 Å². The minimum Gasteiger partial charge on any atom is -0.345 e. The van der Waals surface area contributed by atoms with Crippen molar-refractivity contribution in [1.82, 2.24) is 9.97 Å². The van der Waals surface area contributed by atoms with Crippen LogP contribution in [-0.2, 0) is 0 Å². The van der Waals surface area contributed by atoms with Crippen LogP contribution in [-0.4, -0.2) is 9.97 Å². The highest BCUT2D eigenvalue weighted by molar-refractivity contribution is 5.61. The number of H-pyrrole nitrogens is 1. The van der Waals surface area contributed by atoms with Gasteiger partial charge in [0.05, 0.1) is 0 Å². The predicted molar refractivity (Wildman–Crippen MR) is 40.4 cm³/mol. The van der Waals surface area contributed by atoms with Crippen molar-refractivity contribution < 1.29 is 0 Å². The van der Waals surface area contributed by atoms with Gasteiger partial charge in [-0.05, 0) is 24.8 Å². The third-order valence-corrected chi connectivity index (χ3v) is 1.84. The molecule has 0 saturated heterocycles. The molecule has 0 spiro atoms. The Morgan fingerprint density at radius 3 is 3.10 bits per heavy atom. The summed E-state index contributed by atoms with van der Waals surface area (Å²) in [5.74, 6) is 1.05. The van der Waals surface area contributed by atoms with E-state index in [0.717, 1.165) is 5.82 Å². The van der Waals surface area contributed by atoms with Crippen LogP contribution in [0, 0.1) is 0 Å². The van der Waals surface area contributed by atoms with Gasteiger partial charge in [0.1, 0.15) is 5.82 Å².